The highest BCUT2D eigenvalue weighted by molar-refractivity contribution is 7.89. The van der Waals surface area contributed by atoms with Gasteiger partial charge in [0.2, 0.25) is 10.0 Å². The number of sulfonamides is 1. The topological polar surface area (TPSA) is 65.1 Å². The van der Waals surface area contributed by atoms with Gasteiger partial charge in [-0.05, 0) is 49.4 Å². The van der Waals surface area contributed by atoms with Crippen LogP contribution in [0.5, 0.6) is 11.5 Å². The summed E-state index contributed by atoms with van der Waals surface area (Å²) >= 11 is 5.90. The fraction of sp³-hybridized carbons (Fsp3) is 0.368. The highest BCUT2D eigenvalue weighted by Gasteiger charge is 2.20. The van der Waals surface area contributed by atoms with Crippen molar-refractivity contribution in [3.05, 3.63) is 53.6 Å². The van der Waals surface area contributed by atoms with E-state index in [1.807, 2.05) is 6.92 Å². The zero-order chi connectivity index (χ0) is 19.7. The molecule has 0 aliphatic carbocycles. The molecule has 0 aromatic heterocycles. The van der Waals surface area contributed by atoms with Crippen molar-refractivity contribution in [2.24, 2.45) is 0 Å². The van der Waals surface area contributed by atoms with E-state index in [9.17, 15) is 8.42 Å². The number of rotatable bonds is 11. The third-order valence-corrected chi connectivity index (χ3v) is 5.81. The summed E-state index contributed by atoms with van der Waals surface area (Å²) in [6.07, 6.45) is 0. The molecule has 0 aliphatic heterocycles. The van der Waals surface area contributed by atoms with Crippen LogP contribution in [0.3, 0.4) is 0 Å². The van der Waals surface area contributed by atoms with Gasteiger partial charge in [-0.3, -0.25) is 0 Å². The van der Waals surface area contributed by atoms with Gasteiger partial charge < -0.3 is 14.2 Å². The van der Waals surface area contributed by atoms with Gasteiger partial charge in [-0.1, -0.05) is 17.7 Å². The molecule has 0 saturated heterocycles. The van der Waals surface area contributed by atoms with Crippen molar-refractivity contribution in [1.82, 2.24) is 4.31 Å². The van der Waals surface area contributed by atoms with Crippen molar-refractivity contribution in [2.75, 3.05) is 40.0 Å². The summed E-state index contributed by atoms with van der Waals surface area (Å²) in [4.78, 5) is 0.199. The second-order valence-electron chi connectivity index (χ2n) is 5.65. The van der Waals surface area contributed by atoms with Crippen molar-refractivity contribution in [3.63, 3.8) is 0 Å². The van der Waals surface area contributed by atoms with Crippen LogP contribution in [-0.4, -0.2) is 52.7 Å². The predicted molar refractivity (Wildman–Crippen MR) is 105 cm³/mol. The highest BCUT2D eigenvalue weighted by atomic mass is 35.5. The lowest BCUT2D eigenvalue weighted by Gasteiger charge is -2.18. The molecule has 0 radical (unpaired) electrons. The average Bonchev–Trinajstić information content (AvgIpc) is 2.65. The molecular weight excluding hydrogens is 390 g/mol. The smallest absolute Gasteiger partial charge is 0.242 e. The predicted octanol–water partition coefficient (Wildman–Crippen LogP) is 3.45. The van der Waals surface area contributed by atoms with E-state index in [-0.39, 0.29) is 18.0 Å². The maximum absolute atomic E-state index is 12.6. The molecule has 0 heterocycles. The van der Waals surface area contributed by atoms with Crippen molar-refractivity contribution < 1.29 is 22.6 Å². The second kappa shape index (κ2) is 10.5. The summed E-state index contributed by atoms with van der Waals surface area (Å²) in [5.74, 6) is 1.20. The normalized spacial score (nSPS) is 11.6. The van der Waals surface area contributed by atoms with Crippen LogP contribution >= 0.6 is 11.6 Å². The minimum atomic E-state index is -3.60. The molecule has 6 nitrogen and oxygen atoms in total. The summed E-state index contributed by atoms with van der Waals surface area (Å²) < 4.78 is 42.7. The summed E-state index contributed by atoms with van der Waals surface area (Å²) in [7, 11) is -2.08. The largest absolute Gasteiger partial charge is 0.492 e. The van der Waals surface area contributed by atoms with Gasteiger partial charge in [0, 0.05) is 25.2 Å². The maximum Gasteiger partial charge on any atom is 0.242 e. The van der Waals surface area contributed by atoms with Gasteiger partial charge >= 0.3 is 0 Å². The van der Waals surface area contributed by atoms with E-state index >= 15 is 0 Å². The highest BCUT2D eigenvalue weighted by Crippen LogP contribution is 2.20. The van der Waals surface area contributed by atoms with E-state index in [0.29, 0.717) is 36.3 Å². The van der Waals surface area contributed by atoms with Gasteiger partial charge in [-0.25, -0.2) is 8.42 Å². The van der Waals surface area contributed by atoms with Gasteiger partial charge in [0.15, 0.2) is 0 Å². The fourth-order valence-electron chi connectivity index (χ4n) is 2.22. The molecule has 0 fully saturated rings. The minimum absolute atomic E-state index is 0.199. The Morgan fingerprint density at radius 3 is 2.33 bits per heavy atom. The molecule has 2 aromatic rings. The minimum Gasteiger partial charge on any atom is -0.492 e. The molecular formula is C19H24ClNO5S. The molecule has 0 amide bonds. The fourth-order valence-corrected chi connectivity index (χ4v) is 3.55. The Hall–Kier alpha value is -1.80. The van der Waals surface area contributed by atoms with Gasteiger partial charge in [-0.15, -0.1) is 0 Å². The third kappa shape index (κ3) is 6.70. The molecule has 0 spiro atoms. The molecule has 148 valence electrons. The van der Waals surface area contributed by atoms with Crippen LogP contribution in [0, 0.1) is 0 Å². The quantitative estimate of drug-likeness (QED) is 0.528. The van der Waals surface area contributed by atoms with E-state index in [1.54, 1.807) is 36.4 Å². The molecule has 2 rings (SSSR count). The lowest BCUT2D eigenvalue weighted by atomic mass is 10.3. The van der Waals surface area contributed by atoms with E-state index < -0.39 is 10.0 Å². The molecule has 27 heavy (non-hydrogen) atoms. The standard InChI is InChI=1S/C19H24ClNO5S/c1-3-24-13-14-26-17-7-9-19(10-8-17)27(22,23)21(2)11-12-25-18-6-4-5-16(20)15-18/h4-10,15H,3,11-14H2,1-2H3. The zero-order valence-corrected chi connectivity index (χ0v) is 17.0. The number of nitrogens with zero attached hydrogens (tertiary/aromatic N) is 1. The molecule has 2 aromatic carbocycles. The molecule has 0 aliphatic rings. The zero-order valence-electron chi connectivity index (χ0n) is 15.4. The van der Waals surface area contributed by atoms with Crippen LogP contribution in [-0.2, 0) is 14.8 Å². The number of halogens is 1. The average molecular weight is 414 g/mol. The first kappa shape index (κ1) is 21.5. The number of hydrogen-bond donors (Lipinski definition) is 0. The first-order valence-corrected chi connectivity index (χ1v) is 10.4. The van der Waals surface area contributed by atoms with Crippen LogP contribution in [0.4, 0.5) is 0 Å². The summed E-state index contributed by atoms with van der Waals surface area (Å²) in [6.45, 7) is 3.88. The molecule has 0 atom stereocenters. The molecule has 0 unspecified atom stereocenters. The maximum atomic E-state index is 12.6. The Labute approximate surface area is 165 Å². The van der Waals surface area contributed by atoms with Crippen LogP contribution in [0.25, 0.3) is 0 Å². The third-order valence-electron chi connectivity index (χ3n) is 3.70. The van der Waals surface area contributed by atoms with E-state index in [2.05, 4.69) is 0 Å². The van der Waals surface area contributed by atoms with Crippen molar-refractivity contribution >= 4 is 21.6 Å². The first-order valence-electron chi connectivity index (χ1n) is 8.59. The van der Waals surface area contributed by atoms with Crippen LogP contribution < -0.4 is 9.47 Å². The van der Waals surface area contributed by atoms with Gasteiger partial charge in [-0.2, -0.15) is 4.31 Å². The van der Waals surface area contributed by atoms with E-state index in [1.165, 1.54) is 23.5 Å². The lowest BCUT2D eigenvalue weighted by Crippen LogP contribution is -2.31. The monoisotopic (exact) mass is 413 g/mol. The molecule has 8 heteroatoms. The number of benzene rings is 2. The Morgan fingerprint density at radius 2 is 1.67 bits per heavy atom. The van der Waals surface area contributed by atoms with Crippen molar-refractivity contribution in [2.45, 2.75) is 11.8 Å². The molecule has 0 saturated carbocycles. The Morgan fingerprint density at radius 1 is 0.963 bits per heavy atom. The SMILES string of the molecule is CCOCCOc1ccc(S(=O)(=O)N(C)CCOc2cccc(Cl)c2)cc1. The summed E-state index contributed by atoms with van der Waals surface area (Å²) in [6, 6.07) is 13.3. The Bertz CT molecular complexity index is 811. The Kier molecular flexibility index (Phi) is 8.37. The number of likely N-dealkylation sites (N-methyl/N-ethyl adjacent to an activating group) is 1. The van der Waals surface area contributed by atoms with Crippen LogP contribution in [0.1, 0.15) is 6.92 Å². The summed E-state index contributed by atoms with van der Waals surface area (Å²) in [5, 5.41) is 0.567. The Balaban J connectivity index is 1.88. The first-order chi connectivity index (χ1) is 12.9. The number of ether oxygens (including phenoxy) is 3. The molecule has 0 N–H and O–H groups in total. The van der Waals surface area contributed by atoms with E-state index in [0.717, 1.165) is 0 Å². The van der Waals surface area contributed by atoms with Gasteiger partial charge in [0.25, 0.3) is 0 Å². The summed E-state index contributed by atoms with van der Waals surface area (Å²) in [5.41, 5.74) is 0. The second-order valence-corrected chi connectivity index (χ2v) is 8.13. The van der Waals surface area contributed by atoms with Crippen molar-refractivity contribution in [3.8, 4) is 11.5 Å². The van der Waals surface area contributed by atoms with Crippen LogP contribution in [0.15, 0.2) is 53.4 Å². The molecule has 0 bridgehead atoms. The van der Waals surface area contributed by atoms with Crippen molar-refractivity contribution in [1.29, 1.82) is 0 Å². The van der Waals surface area contributed by atoms with Gasteiger partial charge in [0.1, 0.15) is 24.7 Å². The van der Waals surface area contributed by atoms with Crippen LogP contribution in [0.2, 0.25) is 5.02 Å². The lowest BCUT2D eigenvalue weighted by molar-refractivity contribution is 0.110. The number of hydrogen-bond acceptors (Lipinski definition) is 5. The van der Waals surface area contributed by atoms with Gasteiger partial charge in [0.05, 0.1) is 11.5 Å². The van der Waals surface area contributed by atoms with E-state index in [4.69, 9.17) is 25.8 Å².